The molecule has 57 valence electrons. The maximum atomic E-state index is 11.7. The minimum absolute atomic E-state index is 0.102. The van der Waals surface area contributed by atoms with Crippen LogP contribution in [0, 0.1) is 17.5 Å². The number of rotatable bonds is 2. The molecule has 11 heavy (non-hydrogen) atoms. The Bertz CT molecular complexity index is 274. The predicted molar refractivity (Wildman–Crippen MR) is 31.8 cm³/mol. The molecule has 0 unspecified atom stereocenters. The van der Waals surface area contributed by atoms with Crippen LogP contribution in [-0.4, -0.2) is 16.2 Å². The minimum Gasteiger partial charge on any atom is -0.248 e. The molecule has 0 bridgehead atoms. The topological polar surface area (TPSA) is 41.6 Å². The number of nitriles is 1. The molecule has 3 nitrogen and oxygen atoms in total. The minimum atomic E-state index is -2.49. The lowest BCUT2D eigenvalue weighted by atomic mass is 10.5. The molecule has 0 spiro atoms. The van der Waals surface area contributed by atoms with Gasteiger partial charge in [-0.05, 0) is 0 Å². The zero-order valence-corrected chi connectivity index (χ0v) is 5.46. The van der Waals surface area contributed by atoms with Gasteiger partial charge in [0.2, 0.25) is 0 Å². The summed E-state index contributed by atoms with van der Waals surface area (Å²) in [7, 11) is 0. The van der Waals surface area contributed by atoms with Crippen LogP contribution in [0.15, 0.2) is 6.07 Å². The van der Waals surface area contributed by atoms with E-state index in [1.54, 1.807) is 6.07 Å². The molecule has 1 radical (unpaired) electrons. The van der Waals surface area contributed by atoms with Gasteiger partial charge in [-0.1, -0.05) is 0 Å². The van der Waals surface area contributed by atoms with Gasteiger partial charge in [0, 0.05) is 6.07 Å². The summed E-state index contributed by atoms with van der Waals surface area (Å²) in [4.78, 5) is 0. The molecule has 0 amide bonds. The summed E-state index contributed by atoms with van der Waals surface area (Å²) >= 11 is 0. The fourth-order valence-electron chi connectivity index (χ4n) is 0.648. The standard InChI is InChI=1S/C6H4F2N3/c7-6(8)4-11-5(3-9)1-2-10-11/h1,6H,4H2. The number of aromatic nitrogens is 2. The van der Waals surface area contributed by atoms with E-state index < -0.39 is 13.0 Å². The average molecular weight is 156 g/mol. The third-order valence-electron chi connectivity index (χ3n) is 1.08. The van der Waals surface area contributed by atoms with Gasteiger partial charge in [-0.3, -0.25) is 0 Å². The number of nitrogens with zero attached hydrogens (tertiary/aromatic N) is 3. The first-order valence-electron chi connectivity index (χ1n) is 2.86. The van der Waals surface area contributed by atoms with Crippen molar-refractivity contribution in [2.75, 3.05) is 0 Å². The van der Waals surface area contributed by atoms with Gasteiger partial charge in [-0.15, -0.1) is 0 Å². The third-order valence-corrected chi connectivity index (χ3v) is 1.08. The van der Waals surface area contributed by atoms with Gasteiger partial charge in [0.25, 0.3) is 6.43 Å². The van der Waals surface area contributed by atoms with Crippen LogP contribution < -0.4 is 0 Å². The summed E-state index contributed by atoms with van der Waals surface area (Å²) in [5.74, 6) is 0. The molecule has 0 saturated carbocycles. The molecule has 0 N–H and O–H groups in total. The van der Waals surface area contributed by atoms with Crippen LogP contribution in [0.1, 0.15) is 5.69 Å². The number of hydrogen-bond donors (Lipinski definition) is 0. The highest BCUT2D eigenvalue weighted by molar-refractivity contribution is 5.17. The molecular formula is C6H4F2N3. The maximum Gasteiger partial charge on any atom is 0.257 e. The fraction of sp³-hybridized carbons (Fsp3) is 0.333. The highest BCUT2D eigenvalue weighted by atomic mass is 19.3. The van der Waals surface area contributed by atoms with Crippen molar-refractivity contribution in [1.82, 2.24) is 9.78 Å². The Kier molecular flexibility index (Phi) is 2.16. The van der Waals surface area contributed by atoms with Gasteiger partial charge in [0.1, 0.15) is 24.5 Å². The highest BCUT2D eigenvalue weighted by Gasteiger charge is 2.07. The van der Waals surface area contributed by atoms with E-state index in [1.807, 2.05) is 0 Å². The van der Waals surface area contributed by atoms with E-state index in [9.17, 15) is 8.78 Å². The van der Waals surface area contributed by atoms with Crippen molar-refractivity contribution in [2.45, 2.75) is 13.0 Å². The van der Waals surface area contributed by atoms with Crippen molar-refractivity contribution >= 4 is 0 Å². The number of alkyl halides is 2. The SMILES string of the molecule is N#Cc1c[c]nn1CC(F)F. The van der Waals surface area contributed by atoms with E-state index in [-0.39, 0.29) is 5.69 Å². The third kappa shape index (κ3) is 1.74. The monoisotopic (exact) mass is 156 g/mol. The Hall–Kier alpha value is -1.44. The van der Waals surface area contributed by atoms with Gasteiger partial charge in [0.05, 0.1) is 0 Å². The van der Waals surface area contributed by atoms with E-state index >= 15 is 0 Å². The second-order valence-corrected chi connectivity index (χ2v) is 1.84. The van der Waals surface area contributed by atoms with Gasteiger partial charge < -0.3 is 0 Å². The first kappa shape index (κ1) is 7.66. The van der Waals surface area contributed by atoms with Crippen molar-refractivity contribution < 1.29 is 8.78 Å². The smallest absolute Gasteiger partial charge is 0.248 e. The molecule has 0 fully saturated rings. The van der Waals surface area contributed by atoms with Crippen LogP contribution in [0.2, 0.25) is 0 Å². The van der Waals surface area contributed by atoms with Crippen molar-refractivity contribution in [2.24, 2.45) is 0 Å². The molecule has 0 aliphatic carbocycles. The predicted octanol–water partition coefficient (Wildman–Crippen LogP) is 0.820. The summed E-state index contributed by atoms with van der Waals surface area (Å²) in [6.45, 7) is -0.549. The first-order valence-corrected chi connectivity index (χ1v) is 2.86. The fourth-order valence-corrected chi connectivity index (χ4v) is 0.648. The van der Waals surface area contributed by atoms with E-state index in [0.29, 0.717) is 0 Å². The van der Waals surface area contributed by atoms with Crippen molar-refractivity contribution in [3.05, 3.63) is 18.0 Å². The summed E-state index contributed by atoms with van der Waals surface area (Å²) in [5, 5.41) is 11.8. The Morgan fingerprint density at radius 2 is 2.55 bits per heavy atom. The zero-order valence-electron chi connectivity index (χ0n) is 5.46. The molecule has 0 atom stereocenters. The Morgan fingerprint density at radius 1 is 1.82 bits per heavy atom. The lowest BCUT2D eigenvalue weighted by molar-refractivity contribution is 0.121. The normalized spacial score (nSPS) is 10.0. The summed E-state index contributed by atoms with van der Waals surface area (Å²) in [6.07, 6.45) is -0.179. The van der Waals surface area contributed by atoms with Crippen molar-refractivity contribution in [3.63, 3.8) is 0 Å². The second kappa shape index (κ2) is 3.10. The quantitative estimate of drug-likeness (QED) is 0.636. The number of halogens is 2. The first-order chi connectivity index (χ1) is 5.24. The van der Waals surface area contributed by atoms with Crippen LogP contribution in [0.25, 0.3) is 0 Å². The lowest BCUT2D eigenvalue weighted by Crippen LogP contribution is -2.09. The molecule has 0 saturated heterocycles. The molecule has 5 heteroatoms. The summed E-state index contributed by atoms with van der Waals surface area (Å²) in [5.41, 5.74) is 0.102. The molecule has 0 aliphatic rings. The molecule has 0 aromatic carbocycles. The Labute approximate surface area is 61.9 Å². The van der Waals surface area contributed by atoms with E-state index in [1.165, 1.54) is 6.07 Å². The van der Waals surface area contributed by atoms with E-state index in [0.717, 1.165) is 4.68 Å². The summed E-state index contributed by atoms with van der Waals surface area (Å²) in [6, 6.07) is 2.98. The molecule has 1 aromatic rings. The molecule has 1 aromatic heterocycles. The largest absolute Gasteiger partial charge is 0.257 e. The zero-order chi connectivity index (χ0) is 8.27. The molecular weight excluding hydrogens is 152 g/mol. The van der Waals surface area contributed by atoms with Gasteiger partial charge in [-0.25, -0.2) is 13.5 Å². The van der Waals surface area contributed by atoms with Crippen LogP contribution in [0.4, 0.5) is 8.78 Å². The van der Waals surface area contributed by atoms with E-state index in [2.05, 4.69) is 11.3 Å². The maximum absolute atomic E-state index is 11.7. The van der Waals surface area contributed by atoms with Crippen LogP contribution in [0.5, 0.6) is 0 Å². The van der Waals surface area contributed by atoms with Crippen LogP contribution in [-0.2, 0) is 6.54 Å². The average Bonchev–Trinajstić information content (AvgIpc) is 2.34. The van der Waals surface area contributed by atoms with Crippen molar-refractivity contribution in [1.29, 1.82) is 5.26 Å². The Balaban J connectivity index is 2.79. The lowest BCUT2D eigenvalue weighted by Gasteiger charge is -1.99. The van der Waals surface area contributed by atoms with Crippen molar-refractivity contribution in [3.8, 4) is 6.07 Å². The van der Waals surface area contributed by atoms with Crippen LogP contribution in [0.3, 0.4) is 0 Å². The highest BCUT2D eigenvalue weighted by Crippen LogP contribution is 2.00. The van der Waals surface area contributed by atoms with Gasteiger partial charge >= 0.3 is 0 Å². The summed E-state index contributed by atoms with van der Waals surface area (Å²) < 4.78 is 24.4. The Morgan fingerprint density at radius 3 is 3.09 bits per heavy atom. The second-order valence-electron chi connectivity index (χ2n) is 1.84. The van der Waals surface area contributed by atoms with Crippen LogP contribution >= 0.6 is 0 Å². The molecule has 1 rings (SSSR count). The van der Waals surface area contributed by atoms with Gasteiger partial charge in [-0.2, -0.15) is 10.4 Å². The number of hydrogen-bond acceptors (Lipinski definition) is 2. The van der Waals surface area contributed by atoms with Gasteiger partial charge in [0.15, 0.2) is 0 Å². The molecule has 0 aliphatic heterocycles. The molecule has 1 heterocycles. The van der Waals surface area contributed by atoms with E-state index in [4.69, 9.17) is 5.26 Å².